The van der Waals surface area contributed by atoms with Crippen molar-refractivity contribution < 1.29 is 4.79 Å². The molecule has 24 heavy (non-hydrogen) atoms. The van der Waals surface area contributed by atoms with Gasteiger partial charge in [-0.1, -0.05) is 50.6 Å². The summed E-state index contributed by atoms with van der Waals surface area (Å²) in [5, 5.41) is 1.47. The van der Waals surface area contributed by atoms with E-state index in [4.69, 9.17) is 11.6 Å². The Hall–Kier alpha value is -1.39. The lowest BCUT2D eigenvalue weighted by Gasteiger charge is -2.30. The van der Waals surface area contributed by atoms with Crippen molar-refractivity contribution in [3.8, 4) is 10.6 Å². The lowest BCUT2D eigenvalue weighted by atomic mass is 9.87. The van der Waals surface area contributed by atoms with Crippen LogP contribution in [0.1, 0.15) is 49.7 Å². The minimum absolute atomic E-state index is 0.109. The zero-order valence-corrected chi connectivity index (χ0v) is 16.0. The molecule has 2 heterocycles. The second-order valence-electron chi connectivity index (χ2n) is 7.57. The molecule has 1 unspecified atom stereocenters. The molecule has 0 radical (unpaired) electrons. The number of carbonyl (C=O) groups is 1. The van der Waals surface area contributed by atoms with Crippen molar-refractivity contribution >= 4 is 28.8 Å². The molecule has 128 valence electrons. The molecule has 1 atom stereocenters. The monoisotopic (exact) mass is 362 g/mol. The van der Waals surface area contributed by atoms with E-state index in [9.17, 15) is 4.79 Å². The summed E-state index contributed by atoms with van der Waals surface area (Å²) in [6, 6.07) is 7.95. The van der Waals surface area contributed by atoms with E-state index in [-0.39, 0.29) is 11.3 Å². The minimum Gasteiger partial charge on any atom is -0.335 e. The third-order valence-corrected chi connectivity index (χ3v) is 5.65. The van der Waals surface area contributed by atoms with Crippen LogP contribution in [0, 0.1) is 5.41 Å². The van der Waals surface area contributed by atoms with Gasteiger partial charge in [0.15, 0.2) is 0 Å². The molecule has 2 aromatic rings. The first-order valence-electron chi connectivity index (χ1n) is 8.37. The molecule has 0 spiro atoms. The maximum Gasteiger partial charge on any atom is 0.265 e. The van der Waals surface area contributed by atoms with Crippen molar-refractivity contribution in [3.05, 3.63) is 40.4 Å². The van der Waals surface area contributed by atoms with Gasteiger partial charge in [-0.05, 0) is 30.7 Å². The average Bonchev–Trinajstić information content (AvgIpc) is 3.14. The van der Waals surface area contributed by atoms with Gasteiger partial charge in [-0.2, -0.15) is 0 Å². The third-order valence-electron chi connectivity index (χ3n) is 4.31. The molecule has 1 aromatic heterocycles. The Balaban J connectivity index is 1.80. The number of rotatable bonds is 3. The molecular weight excluding hydrogens is 340 g/mol. The first kappa shape index (κ1) is 17.4. The van der Waals surface area contributed by atoms with E-state index in [2.05, 4.69) is 25.8 Å². The largest absolute Gasteiger partial charge is 0.335 e. The first-order chi connectivity index (χ1) is 11.3. The quantitative estimate of drug-likeness (QED) is 0.721. The van der Waals surface area contributed by atoms with E-state index < -0.39 is 0 Å². The predicted molar refractivity (Wildman–Crippen MR) is 101 cm³/mol. The van der Waals surface area contributed by atoms with Gasteiger partial charge in [-0.3, -0.25) is 4.79 Å². The second kappa shape index (κ2) is 6.85. The second-order valence-corrected chi connectivity index (χ2v) is 9.01. The van der Waals surface area contributed by atoms with Crippen LogP contribution in [-0.4, -0.2) is 28.4 Å². The molecule has 1 amide bonds. The van der Waals surface area contributed by atoms with Gasteiger partial charge in [0.2, 0.25) is 0 Å². The summed E-state index contributed by atoms with van der Waals surface area (Å²) >= 11 is 7.67. The zero-order valence-electron chi connectivity index (χ0n) is 14.4. The maximum absolute atomic E-state index is 12.9. The topological polar surface area (TPSA) is 33.2 Å². The standard InChI is InChI=1S/C19H23ClN2OS/c1-19(2,3)11-13-7-6-10-22(13)18(23)16-12-21-17(24-16)14-8-4-5-9-15(14)20/h4-5,8-9,12-13H,6-7,10-11H2,1-3H3. The number of hydrogen-bond acceptors (Lipinski definition) is 3. The summed E-state index contributed by atoms with van der Waals surface area (Å²) in [5.74, 6) is 0.109. The summed E-state index contributed by atoms with van der Waals surface area (Å²) in [4.78, 5) is 20.1. The van der Waals surface area contributed by atoms with E-state index in [0.29, 0.717) is 15.9 Å². The number of aromatic nitrogens is 1. The number of nitrogens with zero attached hydrogens (tertiary/aromatic N) is 2. The number of hydrogen-bond donors (Lipinski definition) is 0. The number of thiazole rings is 1. The fourth-order valence-electron chi connectivity index (χ4n) is 3.30. The third kappa shape index (κ3) is 3.81. The molecule has 1 fully saturated rings. The van der Waals surface area contributed by atoms with Gasteiger partial charge in [0.1, 0.15) is 9.88 Å². The van der Waals surface area contributed by atoms with Crippen molar-refractivity contribution in [2.75, 3.05) is 6.54 Å². The van der Waals surface area contributed by atoms with Crippen molar-refractivity contribution in [2.45, 2.75) is 46.1 Å². The summed E-state index contributed by atoms with van der Waals surface area (Å²) < 4.78 is 0. The molecule has 1 aliphatic heterocycles. The molecule has 1 aliphatic rings. The molecule has 0 saturated carbocycles. The van der Waals surface area contributed by atoms with Gasteiger partial charge in [0.05, 0.1) is 11.2 Å². The van der Waals surface area contributed by atoms with Crippen molar-refractivity contribution in [3.63, 3.8) is 0 Å². The van der Waals surface area contributed by atoms with Crippen LogP contribution in [0.25, 0.3) is 10.6 Å². The van der Waals surface area contributed by atoms with Crippen LogP contribution in [0.4, 0.5) is 0 Å². The number of amides is 1. The van der Waals surface area contributed by atoms with E-state index >= 15 is 0 Å². The molecule has 3 rings (SSSR count). The number of carbonyl (C=O) groups excluding carboxylic acids is 1. The lowest BCUT2D eigenvalue weighted by molar-refractivity contribution is 0.0709. The maximum atomic E-state index is 12.9. The fraction of sp³-hybridized carbons (Fsp3) is 0.474. The fourth-order valence-corrected chi connectivity index (χ4v) is 4.49. The van der Waals surface area contributed by atoms with Gasteiger partial charge in [0, 0.05) is 18.2 Å². The average molecular weight is 363 g/mol. The summed E-state index contributed by atoms with van der Waals surface area (Å²) in [5.41, 5.74) is 1.11. The number of halogens is 1. The predicted octanol–water partition coefficient (Wildman–Crippen LogP) is 5.50. The Kier molecular flexibility index (Phi) is 4.97. The van der Waals surface area contributed by atoms with Crippen LogP contribution in [0.5, 0.6) is 0 Å². The molecule has 1 aromatic carbocycles. The smallest absolute Gasteiger partial charge is 0.265 e. The molecule has 5 heteroatoms. The van der Waals surface area contributed by atoms with Crippen LogP contribution in [0.2, 0.25) is 5.02 Å². The number of benzene rings is 1. The summed E-state index contributed by atoms with van der Waals surface area (Å²) in [6.07, 6.45) is 4.91. The zero-order chi connectivity index (χ0) is 17.3. The van der Waals surface area contributed by atoms with Gasteiger partial charge in [-0.25, -0.2) is 4.98 Å². The van der Waals surface area contributed by atoms with Gasteiger partial charge in [0.25, 0.3) is 5.91 Å². The molecule has 0 bridgehead atoms. The Morgan fingerprint density at radius 1 is 1.38 bits per heavy atom. The van der Waals surface area contributed by atoms with Crippen LogP contribution in [0.3, 0.4) is 0 Å². The molecule has 0 N–H and O–H groups in total. The normalized spacial score (nSPS) is 18.2. The van der Waals surface area contributed by atoms with Gasteiger partial charge in [-0.15, -0.1) is 11.3 Å². The minimum atomic E-state index is 0.109. The van der Waals surface area contributed by atoms with Crippen LogP contribution in [0.15, 0.2) is 30.5 Å². The SMILES string of the molecule is CC(C)(C)CC1CCCN1C(=O)c1cnc(-c2ccccc2Cl)s1. The lowest BCUT2D eigenvalue weighted by Crippen LogP contribution is -2.37. The van der Waals surface area contributed by atoms with Crippen LogP contribution in [-0.2, 0) is 0 Å². The Morgan fingerprint density at radius 2 is 2.12 bits per heavy atom. The van der Waals surface area contributed by atoms with Gasteiger partial charge >= 0.3 is 0 Å². The highest BCUT2D eigenvalue weighted by Gasteiger charge is 2.33. The number of likely N-dealkylation sites (tertiary alicyclic amines) is 1. The summed E-state index contributed by atoms with van der Waals surface area (Å²) in [7, 11) is 0. The van der Waals surface area contributed by atoms with Gasteiger partial charge < -0.3 is 4.90 Å². The first-order valence-corrected chi connectivity index (χ1v) is 9.56. The Bertz CT molecular complexity index is 735. The van der Waals surface area contributed by atoms with Crippen molar-refractivity contribution in [2.24, 2.45) is 5.41 Å². The molecule has 1 saturated heterocycles. The van der Waals surface area contributed by atoms with E-state index in [0.717, 1.165) is 36.4 Å². The summed E-state index contributed by atoms with van der Waals surface area (Å²) in [6.45, 7) is 7.54. The van der Waals surface area contributed by atoms with Crippen molar-refractivity contribution in [1.82, 2.24) is 9.88 Å². The van der Waals surface area contributed by atoms with E-state index in [1.165, 1.54) is 11.3 Å². The highest BCUT2D eigenvalue weighted by Crippen LogP contribution is 2.34. The van der Waals surface area contributed by atoms with Crippen molar-refractivity contribution in [1.29, 1.82) is 0 Å². The Morgan fingerprint density at radius 3 is 2.83 bits per heavy atom. The Labute approximate surface area is 152 Å². The van der Waals surface area contributed by atoms with Crippen LogP contribution < -0.4 is 0 Å². The van der Waals surface area contributed by atoms with E-state index in [1.54, 1.807) is 6.20 Å². The molecule has 0 aliphatic carbocycles. The molecule has 3 nitrogen and oxygen atoms in total. The molecular formula is C19H23ClN2OS. The highest BCUT2D eigenvalue weighted by molar-refractivity contribution is 7.17. The van der Waals surface area contributed by atoms with E-state index in [1.807, 2.05) is 29.2 Å². The highest BCUT2D eigenvalue weighted by atomic mass is 35.5. The van der Waals surface area contributed by atoms with Crippen LogP contribution >= 0.6 is 22.9 Å².